The summed E-state index contributed by atoms with van der Waals surface area (Å²) in [5.41, 5.74) is 0.333. The monoisotopic (exact) mass is 407 g/mol. The van der Waals surface area contributed by atoms with Crippen molar-refractivity contribution in [3.8, 4) is 5.69 Å². The smallest absolute Gasteiger partial charge is 0.338 e. The van der Waals surface area contributed by atoms with Gasteiger partial charge >= 0.3 is 5.69 Å². The lowest BCUT2D eigenvalue weighted by Gasteiger charge is -2.32. The van der Waals surface area contributed by atoms with Crippen molar-refractivity contribution >= 4 is 11.6 Å². The molecule has 9 nitrogen and oxygen atoms in total. The fourth-order valence-electron chi connectivity index (χ4n) is 3.92. The number of aromatic nitrogens is 3. The molecular weight excluding hydrogens is 386 g/mol. The van der Waals surface area contributed by atoms with E-state index in [0.29, 0.717) is 24.6 Å². The Labute approximate surface area is 172 Å². The van der Waals surface area contributed by atoms with Crippen LogP contribution in [0.3, 0.4) is 0 Å². The first-order valence-corrected chi connectivity index (χ1v) is 9.71. The molecule has 2 heterocycles. The first-order chi connectivity index (χ1) is 14.5. The largest absolute Gasteiger partial charge is 0.350 e. The van der Waals surface area contributed by atoms with Gasteiger partial charge in [-0.3, -0.25) is 14.9 Å². The molecule has 0 bridgehead atoms. The Bertz CT molecular complexity index is 1150. The summed E-state index contributed by atoms with van der Waals surface area (Å²) in [4.78, 5) is 38.1. The lowest BCUT2D eigenvalue weighted by Crippen LogP contribution is -2.40. The van der Waals surface area contributed by atoms with Crippen LogP contribution in [0.25, 0.3) is 5.69 Å². The molecule has 1 amide bonds. The van der Waals surface area contributed by atoms with E-state index in [0.717, 1.165) is 12.8 Å². The Morgan fingerprint density at radius 3 is 2.57 bits per heavy atom. The van der Waals surface area contributed by atoms with E-state index in [1.165, 1.54) is 16.8 Å². The van der Waals surface area contributed by atoms with Crippen LogP contribution in [0.15, 0.2) is 59.4 Å². The van der Waals surface area contributed by atoms with E-state index in [9.17, 15) is 19.7 Å². The molecule has 154 valence electrons. The highest BCUT2D eigenvalue weighted by Crippen LogP contribution is 2.29. The van der Waals surface area contributed by atoms with Crippen molar-refractivity contribution < 1.29 is 9.72 Å². The molecular formula is C21H21N5O4. The number of aryl methyl sites for hydroxylation is 1. The maximum Gasteiger partial charge on any atom is 0.350 e. The number of rotatable bonds is 4. The molecule has 2 aromatic carbocycles. The van der Waals surface area contributed by atoms with Crippen molar-refractivity contribution in [3.05, 3.63) is 86.6 Å². The third-order valence-electron chi connectivity index (χ3n) is 5.37. The fraction of sp³-hybridized carbons (Fsp3) is 0.286. The van der Waals surface area contributed by atoms with Gasteiger partial charge in [0, 0.05) is 32.1 Å². The van der Waals surface area contributed by atoms with Gasteiger partial charge in [0.05, 0.1) is 10.6 Å². The third kappa shape index (κ3) is 3.49. The van der Waals surface area contributed by atoms with Gasteiger partial charge in [0.15, 0.2) is 0 Å². The zero-order valence-corrected chi connectivity index (χ0v) is 16.5. The number of benzene rings is 2. The third-order valence-corrected chi connectivity index (χ3v) is 5.37. The standard InChI is InChI=1S/C21H21N5O4/c1-23-21(28)25(16-9-3-2-4-10-16)19(22-23)15-8-7-13-24(14-15)20(27)17-11-5-6-12-18(17)26(29)30/h2-6,9-12,15H,7-8,13-14H2,1H3. The second kappa shape index (κ2) is 7.94. The average molecular weight is 407 g/mol. The van der Waals surface area contributed by atoms with E-state index in [1.807, 2.05) is 30.3 Å². The summed E-state index contributed by atoms with van der Waals surface area (Å²) in [7, 11) is 1.60. The topological polar surface area (TPSA) is 103 Å². The normalized spacial score (nSPS) is 16.4. The Morgan fingerprint density at radius 2 is 1.83 bits per heavy atom. The van der Waals surface area contributed by atoms with Gasteiger partial charge in [0.1, 0.15) is 11.4 Å². The fourth-order valence-corrected chi connectivity index (χ4v) is 3.92. The minimum absolute atomic E-state index is 0.0737. The van der Waals surface area contributed by atoms with Crippen molar-refractivity contribution in [3.63, 3.8) is 0 Å². The number of hydrogen-bond donors (Lipinski definition) is 0. The molecule has 1 saturated heterocycles. The van der Waals surface area contributed by atoms with E-state index < -0.39 is 4.92 Å². The zero-order chi connectivity index (χ0) is 21.3. The number of nitro benzene ring substituents is 1. The lowest BCUT2D eigenvalue weighted by atomic mass is 9.96. The van der Waals surface area contributed by atoms with Crippen molar-refractivity contribution in [1.82, 2.24) is 19.2 Å². The average Bonchev–Trinajstić information content (AvgIpc) is 3.08. The number of nitrogens with zero attached hydrogens (tertiary/aromatic N) is 5. The molecule has 1 unspecified atom stereocenters. The van der Waals surface area contributed by atoms with Crippen LogP contribution in [0.2, 0.25) is 0 Å². The van der Waals surface area contributed by atoms with Crippen LogP contribution in [0.4, 0.5) is 5.69 Å². The molecule has 1 atom stereocenters. The van der Waals surface area contributed by atoms with Crippen LogP contribution in [-0.4, -0.2) is 43.2 Å². The Hall–Kier alpha value is -3.75. The van der Waals surface area contributed by atoms with E-state index in [-0.39, 0.29) is 28.8 Å². The van der Waals surface area contributed by atoms with Crippen LogP contribution in [0.5, 0.6) is 0 Å². The highest BCUT2D eigenvalue weighted by atomic mass is 16.6. The predicted molar refractivity (Wildman–Crippen MR) is 110 cm³/mol. The molecule has 9 heteroatoms. The van der Waals surface area contributed by atoms with E-state index in [1.54, 1.807) is 28.6 Å². The summed E-state index contributed by atoms with van der Waals surface area (Å²) in [6.45, 7) is 0.845. The molecule has 1 aromatic heterocycles. The molecule has 3 aromatic rings. The summed E-state index contributed by atoms with van der Waals surface area (Å²) in [5.74, 6) is 0.0601. The zero-order valence-electron chi connectivity index (χ0n) is 16.5. The number of nitro groups is 1. The van der Waals surface area contributed by atoms with Gasteiger partial charge in [-0.05, 0) is 31.0 Å². The summed E-state index contributed by atoms with van der Waals surface area (Å²) < 4.78 is 2.87. The number of carbonyl (C=O) groups excluding carboxylic acids is 1. The summed E-state index contributed by atoms with van der Waals surface area (Å²) in [6.07, 6.45) is 1.49. The Morgan fingerprint density at radius 1 is 1.13 bits per heavy atom. The van der Waals surface area contributed by atoms with Crippen LogP contribution in [-0.2, 0) is 7.05 Å². The summed E-state index contributed by atoms with van der Waals surface area (Å²) in [6, 6.07) is 15.2. The molecule has 1 aliphatic rings. The maximum atomic E-state index is 13.1. The highest BCUT2D eigenvalue weighted by Gasteiger charge is 2.32. The predicted octanol–water partition coefficient (Wildman–Crippen LogP) is 2.50. The first-order valence-electron chi connectivity index (χ1n) is 9.71. The number of likely N-dealkylation sites (tertiary alicyclic amines) is 1. The number of hydrogen-bond acceptors (Lipinski definition) is 5. The van der Waals surface area contributed by atoms with E-state index >= 15 is 0 Å². The molecule has 1 fully saturated rings. The van der Waals surface area contributed by atoms with E-state index in [2.05, 4.69) is 5.10 Å². The second-order valence-corrected chi connectivity index (χ2v) is 7.30. The number of para-hydroxylation sites is 2. The SMILES string of the molecule is Cn1nc(C2CCCN(C(=O)c3ccccc3[N+](=O)[O-])C2)n(-c2ccccc2)c1=O. The minimum atomic E-state index is -0.541. The van der Waals surface area contributed by atoms with Gasteiger partial charge < -0.3 is 4.90 Å². The van der Waals surface area contributed by atoms with Gasteiger partial charge in [0.25, 0.3) is 11.6 Å². The van der Waals surface area contributed by atoms with Crippen LogP contribution < -0.4 is 5.69 Å². The van der Waals surface area contributed by atoms with Gasteiger partial charge in [-0.25, -0.2) is 14.0 Å². The van der Waals surface area contributed by atoms with Gasteiger partial charge in [-0.2, -0.15) is 5.10 Å². The summed E-state index contributed by atoms with van der Waals surface area (Å²) in [5, 5.41) is 15.8. The molecule has 0 spiro atoms. The van der Waals surface area contributed by atoms with Gasteiger partial charge in [-0.1, -0.05) is 30.3 Å². The quantitative estimate of drug-likeness (QED) is 0.488. The molecule has 30 heavy (non-hydrogen) atoms. The lowest BCUT2D eigenvalue weighted by molar-refractivity contribution is -0.385. The van der Waals surface area contributed by atoms with Gasteiger partial charge in [-0.15, -0.1) is 0 Å². The van der Waals surface area contributed by atoms with Crippen molar-refractivity contribution in [2.24, 2.45) is 7.05 Å². The minimum Gasteiger partial charge on any atom is -0.338 e. The highest BCUT2D eigenvalue weighted by molar-refractivity contribution is 5.98. The van der Waals surface area contributed by atoms with Crippen LogP contribution in [0, 0.1) is 10.1 Å². The number of carbonyl (C=O) groups is 1. The molecule has 1 aliphatic heterocycles. The van der Waals surface area contributed by atoms with Crippen molar-refractivity contribution in [2.75, 3.05) is 13.1 Å². The van der Waals surface area contributed by atoms with Gasteiger partial charge in [0.2, 0.25) is 0 Å². The Balaban J connectivity index is 1.66. The molecule has 0 aliphatic carbocycles. The second-order valence-electron chi connectivity index (χ2n) is 7.30. The maximum absolute atomic E-state index is 13.1. The summed E-state index contributed by atoms with van der Waals surface area (Å²) >= 11 is 0. The molecule has 4 rings (SSSR count). The molecule has 0 radical (unpaired) electrons. The number of piperidine rings is 1. The van der Waals surface area contributed by atoms with E-state index in [4.69, 9.17) is 0 Å². The van der Waals surface area contributed by atoms with Crippen LogP contribution >= 0.6 is 0 Å². The first kappa shape index (κ1) is 19.6. The Kier molecular flexibility index (Phi) is 5.18. The van der Waals surface area contributed by atoms with Crippen LogP contribution in [0.1, 0.15) is 34.9 Å². The van der Waals surface area contributed by atoms with Crippen molar-refractivity contribution in [2.45, 2.75) is 18.8 Å². The molecule has 0 N–H and O–H groups in total. The van der Waals surface area contributed by atoms with Crippen molar-refractivity contribution in [1.29, 1.82) is 0 Å². The molecule has 0 saturated carbocycles. The number of amides is 1.